The van der Waals surface area contributed by atoms with Gasteiger partial charge in [-0.05, 0) is 38.2 Å². The second-order valence-corrected chi connectivity index (χ2v) is 3.58. The molecule has 0 aromatic carbocycles. The van der Waals surface area contributed by atoms with E-state index in [-0.39, 0.29) is 0 Å². The quantitative estimate of drug-likeness (QED) is 0.390. The van der Waals surface area contributed by atoms with E-state index in [1.54, 1.807) is 0 Å². The molecule has 1 N–H and O–H groups in total. The molecular weight excluding hydrogens is 152 g/mol. The van der Waals surface area contributed by atoms with Crippen LogP contribution in [0, 0.1) is 5.92 Å². The Bertz CT molecular complexity index is 216. The van der Waals surface area contributed by atoms with Crippen LogP contribution in [0.25, 0.3) is 0 Å². The summed E-state index contributed by atoms with van der Waals surface area (Å²) in [6, 6.07) is 0. The maximum absolute atomic E-state index is 8.57. The van der Waals surface area contributed by atoms with Crippen LogP contribution in [0.1, 0.15) is 33.1 Å². The first kappa shape index (κ1) is 9.33. The van der Waals surface area contributed by atoms with Gasteiger partial charge < -0.3 is 4.89 Å². The first-order valence-corrected chi connectivity index (χ1v) is 4.30. The van der Waals surface area contributed by atoms with Crippen LogP contribution in [0.5, 0.6) is 0 Å². The minimum atomic E-state index is 0.482. The zero-order chi connectivity index (χ0) is 9.14. The summed E-state index contributed by atoms with van der Waals surface area (Å²) < 4.78 is 0. The zero-order valence-corrected chi connectivity index (χ0v) is 7.76. The van der Waals surface area contributed by atoms with E-state index in [0.29, 0.717) is 5.92 Å². The summed E-state index contributed by atoms with van der Waals surface area (Å²) in [5.41, 5.74) is 2.34. The van der Waals surface area contributed by atoms with Crippen molar-refractivity contribution in [1.82, 2.24) is 0 Å². The van der Waals surface area contributed by atoms with E-state index < -0.39 is 0 Å². The lowest BCUT2D eigenvalue weighted by Gasteiger charge is -2.23. The first-order valence-electron chi connectivity index (χ1n) is 4.30. The minimum absolute atomic E-state index is 0.482. The molecule has 2 nitrogen and oxygen atoms in total. The first-order chi connectivity index (χ1) is 5.65. The Morgan fingerprint density at radius 1 is 1.67 bits per heavy atom. The monoisotopic (exact) mass is 168 g/mol. The van der Waals surface area contributed by atoms with Crippen LogP contribution in [0.4, 0.5) is 0 Å². The standard InChI is InChI=1S/C10H16O2/c1-7(2)9-5-4-8(3)10(6-9)12-11/h9,11H,1,4-6H2,2-3H3. The van der Waals surface area contributed by atoms with Gasteiger partial charge in [0, 0.05) is 6.42 Å². The highest BCUT2D eigenvalue weighted by molar-refractivity contribution is 5.14. The molecule has 0 saturated heterocycles. The molecule has 0 fully saturated rings. The third-order valence-electron chi connectivity index (χ3n) is 2.58. The summed E-state index contributed by atoms with van der Waals surface area (Å²) in [7, 11) is 0. The Balaban J connectivity index is 2.67. The van der Waals surface area contributed by atoms with Gasteiger partial charge in [0.1, 0.15) is 5.76 Å². The highest BCUT2D eigenvalue weighted by Gasteiger charge is 2.20. The molecular formula is C10H16O2. The molecule has 0 aromatic heterocycles. The largest absolute Gasteiger partial charge is 0.345 e. The van der Waals surface area contributed by atoms with Crippen LogP contribution in [0.3, 0.4) is 0 Å². The van der Waals surface area contributed by atoms with Crippen molar-refractivity contribution < 1.29 is 10.1 Å². The van der Waals surface area contributed by atoms with Gasteiger partial charge in [-0.15, -0.1) is 0 Å². The van der Waals surface area contributed by atoms with Crippen LogP contribution < -0.4 is 0 Å². The molecule has 0 radical (unpaired) electrons. The van der Waals surface area contributed by atoms with Gasteiger partial charge in [0.05, 0.1) is 0 Å². The molecule has 68 valence electrons. The third kappa shape index (κ3) is 1.89. The number of rotatable bonds is 2. The lowest BCUT2D eigenvalue weighted by Crippen LogP contribution is -2.11. The molecule has 0 aromatic rings. The summed E-state index contributed by atoms with van der Waals surface area (Å²) in [6.45, 7) is 7.94. The molecule has 0 spiro atoms. The molecule has 12 heavy (non-hydrogen) atoms. The number of hydrogen-bond acceptors (Lipinski definition) is 2. The Labute approximate surface area is 73.5 Å². The van der Waals surface area contributed by atoms with Gasteiger partial charge in [-0.25, -0.2) is 5.26 Å². The van der Waals surface area contributed by atoms with Crippen LogP contribution in [-0.2, 0) is 4.89 Å². The van der Waals surface area contributed by atoms with Crippen molar-refractivity contribution in [2.24, 2.45) is 5.92 Å². The highest BCUT2D eigenvalue weighted by Crippen LogP contribution is 2.32. The fourth-order valence-corrected chi connectivity index (χ4v) is 1.57. The summed E-state index contributed by atoms with van der Waals surface area (Å²) >= 11 is 0. The highest BCUT2D eigenvalue weighted by atomic mass is 17.1. The topological polar surface area (TPSA) is 29.5 Å². The van der Waals surface area contributed by atoms with Crippen molar-refractivity contribution in [3.8, 4) is 0 Å². The van der Waals surface area contributed by atoms with Gasteiger partial charge in [-0.3, -0.25) is 0 Å². The lowest BCUT2D eigenvalue weighted by molar-refractivity contribution is -0.208. The maximum Gasteiger partial charge on any atom is 0.141 e. The van der Waals surface area contributed by atoms with Crippen LogP contribution in [-0.4, -0.2) is 5.26 Å². The van der Waals surface area contributed by atoms with E-state index in [4.69, 9.17) is 5.26 Å². The fourth-order valence-electron chi connectivity index (χ4n) is 1.57. The van der Waals surface area contributed by atoms with E-state index in [9.17, 15) is 0 Å². The third-order valence-corrected chi connectivity index (χ3v) is 2.58. The van der Waals surface area contributed by atoms with Gasteiger partial charge in [0.15, 0.2) is 0 Å². The van der Waals surface area contributed by atoms with E-state index in [0.717, 1.165) is 30.6 Å². The zero-order valence-electron chi connectivity index (χ0n) is 7.76. The van der Waals surface area contributed by atoms with Crippen LogP contribution >= 0.6 is 0 Å². The molecule has 1 unspecified atom stereocenters. The van der Waals surface area contributed by atoms with Crippen molar-refractivity contribution >= 4 is 0 Å². The normalized spacial score (nSPS) is 24.1. The van der Waals surface area contributed by atoms with E-state index in [1.807, 2.05) is 13.8 Å². The predicted octanol–water partition coefficient (Wildman–Crippen LogP) is 3.13. The Kier molecular flexibility index (Phi) is 2.93. The second kappa shape index (κ2) is 3.76. The van der Waals surface area contributed by atoms with Gasteiger partial charge in [-0.1, -0.05) is 12.2 Å². The Hall–Kier alpha value is -0.760. The number of allylic oxidation sites excluding steroid dienone is 3. The van der Waals surface area contributed by atoms with E-state index in [2.05, 4.69) is 11.5 Å². The van der Waals surface area contributed by atoms with Gasteiger partial charge in [0.25, 0.3) is 0 Å². The van der Waals surface area contributed by atoms with Gasteiger partial charge in [-0.2, -0.15) is 0 Å². The average Bonchev–Trinajstić information content (AvgIpc) is 2.05. The van der Waals surface area contributed by atoms with Crippen LogP contribution in [0.15, 0.2) is 23.5 Å². The molecule has 1 aliphatic rings. The minimum Gasteiger partial charge on any atom is -0.345 e. The summed E-state index contributed by atoms with van der Waals surface area (Å²) in [5.74, 6) is 1.21. The van der Waals surface area contributed by atoms with Gasteiger partial charge in [0.2, 0.25) is 0 Å². The number of hydrogen-bond donors (Lipinski definition) is 1. The van der Waals surface area contributed by atoms with Crippen molar-refractivity contribution in [3.63, 3.8) is 0 Å². The molecule has 0 bridgehead atoms. The molecule has 1 atom stereocenters. The lowest BCUT2D eigenvalue weighted by atomic mass is 9.85. The maximum atomic E-state index is 8.57. The molecule has 2 heteroatoms. The molecule has 0 amide bonds. The summed E-state index contributed by atoms with van der Waals surface area (Å²) in [5, 5.41) is 8.57. The Morgan fingerprint density at radius 3 is 2.83 bits per heavy atom. The van der Waals surface area contributed by atoms with Crippen molar-refractivity contribution in [2.75, 3.05) is 0 Å². The molecule has 0 heterocycles. The second-order valence-electron chi connectivity index (χ2n) is 3.58. The van der Waals surface area contributed by atoms with Crippen molar-refractivity contribution in [1.29, 1.82) is 0 Å². The van der Waals surface area contributed by atoms with E-state index >= 15 is 0 Å². The average molecular weight is 168 g/mol. The fraction of sp³-hybridized carbons (Fsp3) is 0.600. The molecule has 0 aliphatic heterocycles. The van der Waals surface area contributed by atoms with E-state index in [1.165, 1.54) is 5.57 Å². The van der Waals surface area contributed by atoms with Gasteiger partial charge >= 0.3 is 0 Å². The van der Waals surface area contributed by atoms with Crippen molar-refractivity contribution in [3.05, 3.63) is 23.5 Å². The molecule has 1 aliphatic carbocycles. The summed E-state index contributed by atoms with van der Waals surface area (Å²) in [4.78, 5) is 4.32. The van der Waals surface area contributed by atoms with Crippen LogP contribution in [0.2, 0.25) is 0 Å². The van der Waals surface area contributed by atoms with Crippen molar-refractivity contribution in [2.45, 2.75) is 33.1 Å². The molecule has 1 rings (SSSR count). The smallest absolute Gasteiger partial charge is 0.141 e. The SMILES string of the molecule is C=C(C)C1CCC(C)=C(OO)C1. The predicted molar refractivity (Wildman–Crippen MR) is 48.6 cm³/mol. The molecule has 0 saturated carbocycles. The summed E-state index contributed by atoms with van der Waals surface area (Å²) in [6.07, 6.45) is 2.94. The Morgan fingerprint density at radius 2 is 2.33 bits per heavy atom.